The number of nitrogens with one attached hydrogen (secondary N) is 2. The highest BCUT2D eigenvalue weighted by Gasteiger charge is 2.29. The van der Waals surface area contributed by atoms with Gasteiger partial charge in [0.05, 0.1) is 5.69 Å². The van der Waals surface area contributed by atoms with Crippen LogP contribution in [0.25, 0.3) is 0 Å². The number of amides is 2. The van der Waals surface area contributed by atoms with Crippen LogP contribution in [0.4, 0.5) is 20.2 Å². The van der Waals surface area contributed by atoms with Gasteiger partial charge < -0.3 is 10.6 Å². The highest BCUT2D eigenvalue weighted by molar-refractivity contribution is 6.05. The molecule has 3 rings (SSSR count). The third kappa shape index (κ3) is 3.77. The van der Waals surface area contributed by atoms with E-state index in [1.807, 2.05) is 0 Å². The maximum absolute atomic E-state index is 14.6. The molecule has 0 spiro atoms. The van der Waals surface area contributed by atoms with Crippen molar-refractivity contribution in [2.75, 3.05) is 10.6 Å². The van der Waals surface area contributed by atoms with E-state index < -0.39 is 35.1 Å². The molecule has 7 heteroatoms. The molecule has 0 saturated heterocycles. The lowest BCUT2D eigenvalue weighted by Gasteiger charge is -2.14. The second-order valence-electron chi connectivity index (χ2n) is 6.07. The maximum Gasteiger partial charge on any atom is 0.255 e. The van der Waals surface area contributed by atoms with Crippen molar-refractivity contribution in [1.29, 1.82) is 0 Å². The fourth-order valence-corrected chi connectivity index (χ4v) is 2.81. The van der Waals surface area contributed by atoms with Crippen molar-refractivity contribution in [3.8, 4) is 0 Å². The summed E-state index contributed by atoms with van der Waals surface area (Å²) in [5, 5.41) is 4.56. The number of carbonyl (C=O) groups is 3. The van der Waals surface area contributed by atoms with E-state index in [0.29, 0.717) is 12.0 Å². The summed E-state index contributed by atoms with van der Waals surface area (Å²) in [5.74, 6) is -3.85. The second kappa shape index (κ2) is 7.43. The van der Waals surface area contributed by atoms with Gasteiger partial charge in [0, 0.05) is 24.3 Å². The molecule has 0 bridgehead atoms. The van der Waals surface area contributed by atoms with E-state index in [-0.39, 0.29) is 24.3 Å². The van der Waals surface area contributed by atoms with Crippen LogP contribution in [-0.2, 0) is 9.59 Å². The molecule has 134 valence electrons. The number of rotatable bonds is 4. The highest BCUT2D eigenvalue weighted by Crippen LogP contribution is 2.29. The summed E-state index contributed by atoms with van der Waals surface area (Å²) in [6.07, 6.45) is 0.716. The molecule has 2 N–H and O–H groups in total. The first-order valence-corrected chi connectivity index (χ1v) is 8.12. The van der Waals surface area contributed by atoms with Crippen LogP contribution in [0.3, 0.4) is 0 Å². The van der Waals surface area contributed by atoms with E-state index in [9.17, 15) is 23.2 Å². The van der Waals surface area contributed by atoms with Crippen molar-refractivity contribution in [3.05, 3.63) is 59.7 Å². The first-order chi connectivity index (χ1) is 12.5. The van der Waals surface area contributed by atoms with Gasteiger partial charge in [0.2, 0.25) is 5.91 Å². The summed E-state index contributed by atoms with van der Waals surface area (Å²) in [6, 6.07) is 10.2. The van der Waals surface area contributed by atoms with Crippen LogP contribution in [0.1, 0.15) is 29.6 Å². The normalized spacial score (nSPS) is 16.4. The van der Waals surface area contributed by atoms with Crippen LogP contribution in [0.5, 0.6) is 0 Å². The minimum atomic E-state index is -1.08. The third-order valence-electron chi connectivity index (χ3n) is 4.24. The third-order valence-corrected chi connectivity index (χ3v) is 4.24. The van der Waals surface area contributed by atoms with E-state index in [4.69, 9.17) is 0 Å². The van der Waals surface area contributed by atoms with Crippen molar-refractivity contribution in [3.63, 3.8) is 0 Å². The predicted octanol–water partition coefficient (Wildman–Crippen LogP) is 3.52. The molecule has 0 heterocycles. The predicted molar refractivity (Wildman–Crippen MR) is 91.7 cm³/mol. The van der Waals surface area contributed by atoms with Crippen LogP contribution >= 0.6 is 0 Å². The Morgan fingerprint density at radius 1 is 1.00 bits per heavy atom. The number of ketones is 1. The highest BCUT2D eigenvalue weighted by atomic mass is 19.1. The molecule has 2 aromatic rings. The van der Waals surface area contributed by atoms with Crippen molar-refractivity contribution in [1.82, 2.24) is 0 Å². The van der Waals surface area contributed by atoms with Gasteiger partial charge in [-0.2, -0.15) is 0 Å². The molecular formula is C19H16F2N2O3. The maximum atomic E-state index is 14.6. The van der Waals surface area contributed by atoms with Gasteiger partial charge in [-0.1, -0.05) is 18.2 Å². The molecule has 1 fully saturated rings. The van der Waals surface area contributed by atoms with Crippen LogP contribution in [0, 0.1) is 17.6 Å². The van der Waals surface area contributed by atoms with Crippen molar-refractivity contribution >= 4 is 29.0 Å². The molecule has 1 aliphatic carbocycles. The topological polar surface area (TPSA) is 75.3 Å². The van der Waals surface area contributed by atoms with Crippen LogP contribution in [0.15, 0.2) is 42.5 Å². The minimum Gasteiger partial charge on any atom is -0.321 e. The van der Waals surface area contributed by atoms with Crippen LogP contribution in [0.2, 0.25) is 0 Å². The molecule has 0 aliphatic heterocycles. The van der Waals surface area contributed by atoms with E-state index in [0.717, 1.165) is 12.1 Å². The molecular weight excluding hydrogens is 342 g/mol. The molecule has 2 amide bonds. The quantitative estimate of drug-likeness (QED) is 0.878. The fourth-order valence-electron chi connectivity index (χ4n) is 2.81. The SMILES string of the molecule is O=C1CCC(C(=O)Nc2c(F)ccc(NC(=O)c3ccccc3)c2F)C1. The fraction of sp³-hybridized carbons (Fsp3) is 0.211. The molecule has 5 nitrogen and oxygen atoms in total. The van der Waals surface area contributed by atoms with Gasteiger partial charge in [0.15, 0.2) is 5.82 Å². The first-order valence-electron chi connectivity index (χ1n) is 8.12. The van der Waals surface area contributed by atoms with E-state index in [1.165, 1.54) is 0 Å². The van der Waals surface area contributed by atoms with Gasteiger partial charge in [-0.3, -0.25) is 14.4 Å². The lowest BCUT2D eigenvalue weighted by molar-refractivity contribution is -0.122. The summed E-state index contributed by atoms with van der Waals surface area (Å²) in [6.45, 7) is 0. The Balaban J connectivity index is 1.79. The number of anilines is 2. The molecule has 26 heavy (non-hydrogen) atoms. The Bertz CT molecular complexity index is 869. The summed E-state index contributed by atoms with van der Waals surface area (Å²) >= 11 is 0. The van der Waals surface area contributed by atoms with Gasteiger partial charge in [-0.05, 0) is 30.7 Å². The first kappa shape index (κ1) is 17.7. The largest absolute Gasteiger partial charge is 0.321 e. The van der Waals surface area contributed by atoms with Gasteiger partial charge in [-0.25, -0.2) is 8.78 Å². The van der Waals surface area contributed by atoms with E-state index >= 15 is 0 Å². The van der Waals surface area contributed by atoms with Gasteiger partial charge in [-0.15, -0.1) is 0 Å². The van der Waals surface area contributed by atoms with Crippen molar-refractivity contribution in [2.24, 2.45) is 5.92 Å². The smallest absolute Gasteiger partial charge is 0.255 e. The molecule has 1 unspecified atom stereocenters. The van der Waals surface area contributed by atoms with E-state index in [2.05, 4.69) is 10.6 Å². The Labute approximate surface area is 148 Å². The average Bonchev–Trinajstić information content (AvgIpc) is 3.08. The zero-order valence-electron chi connectivity index (χ0n) is 13.7. The number of hydrogen-bond donors (Lipinski definition) is 2. The standard InChI is InChI=1S/C19H16F2N2O3/c20-14-8-9-15(22-18(25)11-4-2-1-3-5-11)16(21)17(14)23-19(26)12-6-7-13(24)10-12/h1-5,8-9,12H,6-7,10H2,(H,22,25)(H,23,26). The molecule has 0 radical (unpaired) electrons. The Hall–Kier alpha value is -3.09. The number of halogens is 2. The average molecular weight is 358 g/mol. The van der Waals surface area contributed by atoms with Gasteiger partial charge in [0.1, 0.15) is 17.3 Å². The second-order valence-corrected chi connectivity index (χ2v) is 6.07. The van der Waals surface area contributed by atoms with E-state index in [1.54, 1.807) is 30.3 Å². The summed E-state index contributed by atoms with van der Waals surface area (Å²) in [4.78, 5) is 35.5. The molecule has 1 saturated carbocycles. The number of hydrogen-bond acceptors (Lipinski definition) is 3. The van der Waals surface area contributed by atoms with Crippen molar-refractivity contribution < 1.29 is 23.2 Å². The molecule has 1 aliphatic rings. The molecule has 2 aromatic carbocycles. The lowest BCUT2D eigenvalue weighted by atomic mass is 10.1. The van der Waals surface area contributed by atoms with Crippen LogP contribution < -0.4 is 10.6 Å². The summed E-state index contributed by atoms with van der Waals surface area (Å²) in [5.41, 5.74) is -0.579. The molecule has 1 atom stereocenters. The Morgan fingerprint density at radius 3 is 2.38 bits per heavy atom. The number of benzene rings is 2. The Morgan fingerprint density at radius 2 is 1.73 bits per heavy atom. The lowest BCUT2D eigenvalue weighted by Crippen LogP contribution is -2.23. The summed E-state index contributed by atoms with van der Waals surface area (Å²) in [7, 11) is 0. The monoisotopic (exact) mass is 358 g/mol. The molecule has 0 aromatic heterocycles. The Kier molecular flexibility index (Phi) is 5.06. The van der Waals surface area contributed by atoms with Crippen molar-refractivity contribution in [2.45, 2.75) is 19.3 Å². The van der Waals surface area contributed by atoms with Crippen LogP contribution in [-0.4, -0.2) is 17.6 Å². The summed E-state index contributed by atoms with van der Waals surface area (Å²) < 4.78 is 28.6. The van der Waals surface area contributed by atoms with Gasteiger partial charge >= 0.3 is 0 Å². The minimum absolute atomic E-state index is 0.0463. The zero-order valence-corrected chi connectivity index (χ0v) is 13.7. The number of Topliss-reactive ketones (excluding diaryl/α,β-unsaturated/α-hetero) is 1. The zero-order chi connectivity index (χ0) is 18.7. The number of carbonyl (C=O) groups excluding carboxylic acids is 3. The van der Waals surface area contributed by atoms with Gasteiger partial charge in [0.25, 0.3) is 5.91 Å².